The predicted molar refractivity (Wildman–Crippen MR) is 94.3 cm³/mol. The summed E-state index contributed by atoms with van der Waals surface area (Å²) in [6, 6.07) is 0. The third-order valence-corrected chi connectivity index (χ3v) is 5.03. The van der Waals surface area contributed by atoms with E-state index in [1.54, 1.807) is 11.5 Å². The van der Waals surface area contributed by atoms with Gasteiger partial charge in [0, 0.05) is 11.8 Å². The van der Waals surface area contributed by atoms with E-state index in [-0.39, 0.29) is 0 Å². The highest BCUT2D eigenvalue weighted by atomic mass is 32.1. The van der Waals surface area contributed by atoms with Crippen LogP contribution in [0.2, 0.25) is 0 Å². The maximum atomic E-state index is 4.82. The second-order valence-electron chi connectivity index (χ2n) is 6.54. The molecule has 1 rings (SSSR count). The average molecular weight is 311 g/mol. The number of nitrogens with zero attached hydrogens (tertiary/aromatic N) is 2. The monoisotopic (exact) mass is 310 g/mol. The molecule has 1 aromatic rings. The average Bonchev–Trinajstić information content (AvgIpc) is 2.95. The Hall–Kier alpha value is -0.440. The minimum atomic E-state index is 0.454. The lowest BCUT2D eigenvalue weighted by Gasteiger charge is -2.13. The largest absolute Gasteiger partial charge is 0.224 e. The molecule has 0 radical (unpaired) electrons. The molecule has 0 atom stereocenters. The van der Waals surface area contributed by atoms with Gasteiger partial charge in [0.15, 0.2) is 0 Å². The first-order chi connectivity index (χ1) is 10.2. The maximum absolute atomic E-state index is 4.82. The molecule has 0 aliphatic carbocycles. The maximum Gasteiger partial charge on any atom is 0.145 e. The zero-order valence-electron chi connectivity index (χ0n) is 14.5. The van der Waals surface area contributed by atoms with Gasteiger partial charge in [0.2, 0.25) is 0 Å². The molecule has 0 saturated heterocycles. The normalized spacial score (nSPS) is 11.7. The molecule has 0 aromatic carbocycles. The number of unbranched alkanes of at least 4 members (excludes halogenated alkanes) is 6. The first kappa shape index (κ1) is 18.6. The van der Waals surface area contributed by atoms with Crippen LogP contribution < -0.4 is 0 Å². The van der Waals surface area contributed by atoms with Crippen molar-refractivity contribution in [3.63, 3.8) is 0 Å². The van der Waals surface area contributed by atoms with E-state index >= 15 is 0 Å². The zero-order chi connectivity index (χ0) is 15.5. The van der Waals surface area contributed by atoms with E-state index in [2.05, 4.69) is 32.1 Å². The highest BCUT2D eigenvalue weighted by Gasteiger charge is 2.17. The van der Waals surface area contributed by atoms with Crippen LogP contribution in [0, 0.1) is 0 Å². The number of hydrogen-bond acceptors (Lipinski definition) is 3. The van der Waals surface area contributed by atoms with Gasteiger partial charge < -0.3 is 0 Å². The Bertz CT molecular complexity index is 348. The molecular weight excluding hydrogens is 276 g/mol. The van der Waals surface area contributed by atoms with Crippen molar-refractivity contribution in [3.8, 4) is 0 Å². The molecule has 3 heteroatoms. The Morgan fingerprint density at radius 1 is 0.857 bits per heavy atom. The summed E-state index contributed by atoms with van der Waals surface area (Å²) < 4.78 is 4.56. The van der Waals surface area contributed by atoms with Crippen molar-refractivity contribution in [1.82, 2.24) is 9.36 Å². The fourth-order valence-corrected chi connectivity index (χ4v) is 3.63. The molecule has 0 bridgehead atoms. The van der Waals surface area contributed by atoms with Crippen molar-refractivity contribution in [2.24, 2.45) is 0 Å². The summed E-state index contributed by atoms with van der Waals surface area (Å²) in [5.41, 5.74) is 0. The second kappa shape index (κ2) is 11.2. The molecule has 1 aromatic heterocycles. The van der Waals surface area contributed by atoms with Crippen molar-refractivity contribution in [3.05, 3.63) is 10.8 Å². The molecule has 122 valence electrons. The van der Waals surface area contributed by atoms with E-state index < -0.39 is 0 Å². The second-order valence-corrected chi connectivity index (χ2v) is 7.32. The first-order valence-electron chi connectivity index (χ1n) is 9.02. The topological polar surface area (TPSA) is 25.8 Å². The van der Waals surface area contributed by atoms with Gasteiger partial charge in [-0.2, -0.15) is 4.37 Å². The molecule has 0 aliphatic heterocycles. The van der Waals surface area contributed by atoms with Gasteiger partial charge >= 0.3 is 0 Å². The van der Waals surface area contributed by atoms with Crippen molar-refractivity contribution in [1.29, 1.82) is 0 Å². The Morgan fingerprint density at radius 3 is 1.86 bits per heavy atom. The lowest BCUT2D eigenvalue weighted by atomic mass is 9.95. The van der Waals surface area contributed by atoms with Crippen LogP contribution in [0.5, 0.6) is 0 Å². The van der Waals surface area contributed by atoms with E-state index in [0.29, 0.717) is 11.8 Å². The number of hydrogen-bond donors (Lipinski definition) is 0. The first-order valence-corrected chi connectivity index (χ1v) is 9.79. The lowest BCUT2D eigenvalue weighted by molar-refractivity contribution is 0.494. The molecule has 2 nitrogen and oxygen atoms in total. The summed E-state index contributed by atoms with van der Waals surface area (Å²) in [7, 11) is 0. The SMILES string of the molecule is CCCCCCC(CCCCCC)c1nc(C(C)C)ns1. The van der Waals surface area contributed by atoms with Crippen molar-refractivity contribution in [2.45, 2.75) is 104 Å². The summed E-state index contributed by atoms with van der Waals surface area (Å²) in [5, 5.41) is 1.30. The van der Waals surface area contributed by atoms with Crippen molar-refractivity contribution in [2.75, 3.05) is 0 Å². The third kappa shape index (κ3) is 7.39. The summed E-state index contributed by atoms with van der Waals surface area (Å²) in [4.78, 5) is 4.82. The van der Waals surface area contributed by atoms with E-state index in [1.165, 1.54) is 69.2 Å². The molecule has 0 fully saturated rings. The Kier molecular flexibility index (Phi) is 9.90. The van der Waals surface area contributed by atoms with Crippen LogP contribution >= 0.6 is 11.5 Å². The van der Waals surface area contributed by atoms with E-state index in [4.69, 9.17) is 4.98 Å². The fourth-order valence-electron chi connectivity index (χ4n) is 2.67. The van der Waals surface area contributed by atoms with Gasteiger partial charge in [-0.05, 0) is 24.4 Å². The Morgan fingerprint density at radius 2 is 1.43 bits per heavy atom. The van der Waals surface area contributed by atoms with Gasteiger partial charge in [0.25, 0.3) is 0 Å². The number of aromatic nitrogens is 2. The summed E-state index contributed by atoms with van der Waals surface area (Å²) in [6.07, 6.45) is 13.4. The van der Waals surface area contributed by atoms with Gasteiger partial charge in [0.1, 0.15) is 10.8 Å². The molecule has 0 spiro atoms. The van der Waals surface area contributed by atoms with Gasteiger partial charge in [-0.1, -0.05) is 79.1 Å². The van der Waals surface area contributed by atoms with E-state index in [9.17, 15) is 0 Å². The van der Waals surface area contributed by atoms with E-state index in [1.807, 2.05) is 0 Å². The zero-order valence-corrected chi connectivity index (χ0v) is 15.3. The third-order valence-electron chi connectivity index (χ3n) is 4.14. The summed E-state index contributed by atoms with van der Waals surface area (Å²) >= 11 is 1.65. The standard InChI is InChI=1S/C18H34N2S/c1-5-7-9-11-13-16(14-12-10-8-6-2)18-19-17(15(3)4)20-21-18/h15-16H,5-14H2,1-4H3. The summed E-state index contributed by atoms with van der Waals surface area (Å²) in [6.45, 7) is 8.93. The quantitative estimate of drug-likeness (QED) is 0.402. The van der Waals surface area contributed by atoms with Crippen LogP contribution in [0.25, 0.3) is 0 Å². The number of rotatable bonds is 12. The molecule has 0 unspecified atom stereocenters. The van der Waals surface area contributed by atoms with Crippen LogP contribution in [-0.4, -0.2) is 9.36 Å². The van der Waals surface area contributed by atoms with Crippen molar-refractivity contribution < 1.29 is 0 Å². The molecule has 0 amide bonds. The van der Waals surface area contributed by atoms with Crippen LogP contribution in [-0.2, 0) is 0 Å². The van der Waals surface area contributed by atoms with Crippen LogP contribution in [0.15, 0.2) is 0 Å². The minimum Gasteiger partial charge on any atom is -0.224 e. The lowest BCUT2D eigenvalue weighted by Crippen LogP contribution is -2.00. The fraction of sp³-hybridized carbons (Fsp3) is 0.889. The van der Waals surface area contributed by atoms with Gasteiger partial charge in [0.05, 0.1) is 0 Å². The van der Waals surface area contributed by atoms with Crippen LogP contribution in [0.4, 0.5) is 0 Å². The van der Waals surface area contributed by atoms with Crippen molar-refractivity contribution >= 4 is 11.5 Å². The minimum absolute atomic E-state index is 0.454. The van der Waals surface area contributed by atoms with E-state index in [0.717, 1.165) is 5.82 Å². The van der Waals surface area contributed by atoms with Crippen LogP contribution in [0.3, 0.4) is 0 Å². The van der Waals surface area contributed by atoms with Crippen LogP contribution in [0.1, 0.15) is 115 Å². The molecule has 0 saturated carbocycles. The highest BCUT2D eigenvalue weighted by Crippen LogP contribution is 2.30. The highest BCUT2D eigenvalue weighted by molar-refractivity contribution is 7.05. The Balaban J connectivity index is 2.52. The summed E-state index contributed by atoms with van der Waals surface area (Å²) in [5.74, 6) is 2.15. The molecule has 21 heavy (non-hydrogen) atoms. The molecule has 1 heterocycles. The van der Waals surface area contributed by atoms with Gasteiger partial charge in [-0.25, -0.2) is 4.98 Å². The predicted octanol–water partition coefficient (Wildman–Crippen LogP) is 6.69. The van der Waals surface area contributed by atoms with Gasteiger partial charge in [-0.15, -0.1) is 0 Å². The molecule has 0 aliphatic rings. The molecular formula is C18H34N2S. The molecule has 0 N–H and O–H groups in total. The smallest absolute Gasteiger partial charge is 0.145 e. The Labute approximate surface area is 135 Å². The van der Waals surface area contributed by atoms with Gasteiger partial charge in [-0.3, -0.25) is 0 Å².